The van der Waals surface area contributed by atoms with E-state index in [4.69, 9.17) is 9.84 Å². The number of phenols is 1. The average Bonchev–Trinajstić information content (AvgIpc) is 2.48. The van der Waals surface area contributed by atoms with E-state index in [-0.39, 0.29) is 29.7 Å². The van der Waals surface area contributed by atoms with E-state index >= 15 is 0 Å². The second-order valence-corrected chi connectivity index (χ2v) is 4.84. The van der Waals surface area contributed by atoms with Crippen LogP contribution in [0.2, 0.25) is 0 Å². The molecule has 1 amide bonds. The predicted molar refractivity (Wildman–Crippen MR) is 75.5 cm³/mol. The normalized spacial score (nSPS) is 15.6. The molecule has 0 unspecified atom stereocenters. The first-order valence-corrected chi connectivity index (χ1v) is 6.75. The van der Waals surface area contributed by atoms with Gasteiger partial charge in [-0.25, -0.2) is 4.79 Å². The summed E-state index contributed by atoms with van der Waals surface area (Å²) in [5.74, 6) is -1.81. The first kappa shape index (κ1) is 15.3. The second kappa shape index (κ2) is 7.05. The van der Waals surface area contributed by atoms with E-state index in [1.165, 1.54) is 12.1 Å². The fourth-order valence-corrected chi connectivity index (χ4v) is 2.16. The molecule has 1 aromatic carbocycles. The van der Waals surface area contributed by atoms with Gasteiger partial charge in [0.1, 0.15) is 12.4 Å². The summed E-state index contributed by atoms with van der Waals surface area (Å²) < 4.78 is 5.49. The second-order valence-electron chi connectivity index (χ2n) is 4.84. The number of carboxylic acids is 1. The van der Waals surface area contributed by atoms with Gasteiger partial charge in [-0.3, -0.25) is 4.79 Å². The Balaban J connectivity index is 1.91. The van der Waals surface area contributed by atoms with Gasteiger partial charge in [-0.1, -0.05) is 0 Å². The van der Waals surface area contributed by atoms with Crippen LogP contribution < -0.4 is 10.6 Å². The lowest BCUT2D eigenvalue weighted by molar-refractivity contribution is -0.123. The largest absolute Gasteiger partial charge is 0.508 e. The molecule has 7 heteroatoms. The Morgan fingerprint density at radius 2 is 2.05 bits per heavy atom. The maximum Gasteiger partial charge on any atom is 0.337 e. The Labute approximate surface area is 121 Å². The summed E-state index contributed by atoms with van der Waals surface area (Å²) >= 11 is 0. The predicted octanol–water partition coefficient (Wildman–Crippen LogP) is 0.797. The zero-order valence-corrected chi connectivity index (χ0v) is 11.5. The van der Waals surface area contributed by atoms with Gasteiger partial charge in [0.15, 0.2) is 0 Å². The maximum atomic E-state index is 11.8. The van der Waals surface area contributed by atoms with Gasteiger partial charge in [0.25, 0.3) is 0 Å². The highest BCUT2D eigenvalue weighted by molar-refractivity contribution is 6.01. The molecule has 4 N–H and O–H groups in total. The third-order valence-corrected chi connectivity index (χ3v) is 3.24. The molecule has 7 nitrogen and oxygen atoms in total. The third-order valence-electron chi connectivity index (χ3n) is 3.24. The monoisotopic (exact) mass is 294 g/mol. The van der Waals surface area contributed by atoms with E-state index in [0.29, 0.717) is 0 Å². The van der Waals surface area contributed by atoms with Crippen LogP contribution in [-0.2, 0) is 9.53 Å². The lowest BCUT2D eigenvalue weighted by atomic mass is 10.1. The number of carboxylic acid groups (broad SMARTS) is 1. The lowest BCUT2D eigenvalue weighted by Crippen LogP contribution is -2.34. The summed E-state index contributed by atoms with van der Waals surface area (Å²) in [7, 11) is 0. The maximum absolute atomic E-state index is 11.8. The van der Waals surface area contributed by atoms with Crippen molar-refractivity contribution in [3.8, 4) is 5.75 Å². The molecule has 1 saturated heterocycles. The number of benzene rings is 1. The Kier molecular flexibility index (Phi) is 5.13. The van der Waals surface area contributed by atoms with Crippen molar-refractivity contribution < 1.29 is 24.5 Å². The number of anilines is 1. The summed E-state index contributed by atoms with van der Waals surface area (Å²) in [5, 5.41) is 24.0. The average molecular weight is 294 g/mol. The van der Waals surface area contributed by atoms with Crippen molar-refractivity contribution in [3.63, 3.8) is 0 Å². The molecule has 0 spiro atoms. The highest BCUT2D eigenvalue weighted by Crippen LogP contribution is 2.21. The van der Waals surface area contributed by atoms with Crippen molar-refractivity contribution in [2.24, 2.45) is 0 Å². The van der Waals surface area contributed by atoms with Crippen molar-refractivity contribution in [1.29, 1.82) is 0 Å². The van der Waals surface area contributed by atoms with E-state index in [9.17, 15) is 14.7 Å². The van der Waals surface area contributed by atoms with Crippen LogP contribution in [0.5, 0.6) is 5.75 Å². The number of aromatic carboxylic acids is 1. The van der Waals surface area contributed by atoms with E-state index in [1.54, 1.807) is 0 Å². The molecule has 0 aromatic heterocycles. The summed E-state index contributed by atoms with van der Waals surface area (Å²) in [6.45, 7) is 1.62. The number of aromatic hydroxyl groups is 1. The molecule has 1 fully saturated rings. The molecule has 1 aromatic rings. The number of ether oxygens (including phenoxy) is 1. The zero-order chi connectivity index (χ0) is 15.2. The van der Waals surface area contributed by atoms with Gasteiger partial charge in [0.05, 0.1) is 17.4 Å². The van der Waals surface area contributed by atoms with E-state index in [2.05, 4.69) is 10.6 Å². The molecule has 1 aliphatic heterocycles. The minimum Gasteiger partial charge on any atom is -0.508 e. The Morgan fingerprint density at radius 3 is 2.71 bits per heavy atom. The number of hydrogen-bond acceptors (Lipinski definition) is 5. The van der Waals surface area contributed by atoms with Crippen molar-refractivity contribution in [1.82, 2.24) is 5.32 Å². The highest BCUT2D eigenvalue weighted by atomic mass is 16.5. The van der Waals surface area contributed by atoms with Gasteiger partial charge in [-0.05, 0) is 44.1 Å². The first-order chi connectivity index (χ1) is 10.1. The lowest BCUT2D eigenvalue weighted by Gasteiger charge is -2.22. The summed E-state index contributed by atoms with van der Waals surface area (Å²) in [6.07, 6.45) is 1.76. The number of rotatable bonds is 5. The minimum absolute atomic E-state index is 0.0516. The SMILES string of the molecule is O=C(COC1CCNCC1)Nc1ccc(O)cc1C(=O)O. The van der Waals surface area contributed by atoms with Crippen molar-refractivity contribution >= 4 is 17.6 Å². The van der Waals surface area contributed by atoms with Gasteiger partial charge in [0, 0.05) is 0 Å². The molecule has 0 aliphatic carbocycles. The van der Waals surface area contributed by atoms with E-state index in [0.717, 1.165) is 32.0 Å². The molecule has 1 aliphatic rings. The molecule has 0 bridgehead atoms. The summed E-state index contributed by atoms with van der Waals surface area (Å²) in [6, 6.07) is 3.75. The molecule has 0 radical (unpaired) electrons. The fourth-order valence-electron chi connectivity index (χ4n) is 2.16. The van der Waals surface area contributed by atoms with Crippen LogP contribution in [0.25, 0.3) is 0 Å². The van der Waals surface area contributed by atoms with Crippen LogP contribution in [-0.4, -0.2) is 47.9 Å². The van der Waals surface area contributed by atoms with Crippen LogP contribution in [0.1, 0.15) is 23.2 Å². The van der Waals surface area contributed by atoms with Gasteiger partial charge in [-0.15, -0.1) is 0 Å². The standard InChI is InChI=1S/C14H18N2O5/c17-9-1-2-12(11(7-9)14(19)20)16-13(18)8-21-10-3-5-15-6-4-10/h1-2,7,10,15,17H,3-6,8H2,(H,16,18)(H,19,20). The van der Waals surface area contributed by atoms with Crippen LogP contribution in [0.15, 0.2) is 18.2 Å². The molecule has 2 rings (SSSR count). The highest BCUT2D eigenvalue weighted by Gasteiger charge is 2.17. The van der Waals surface area contributed by atoms with Gasteiger partial charge in [0.2, 0.25) is 5.91 Å². The van der Waals surface area contributed by atoms with Gasteiger partial charge >= 0.3 is 5.97 Å². The molecule has 1 heterocycles. The smallest absolute Gasteiger partial charge is 0.337 e. The van der Waals surface area contributed by atoms with Crippen LogP contribution in [0.3, 0.4) is 0 Å². The van der Waals surface area contributed by atoms with Crippen molar-refractivity contribution in [3.05, 3.63) is 23.8 Å². The number of amides is 1. The van der Waals surface area contributed by atoms with Crippen LogP contribution in [0.4, 0.5) is 5.69 Å². The topological polar surface area (TPSA) is 108 Å². The Bertz CT molecular complexity index is 526. The van der Waals surface area contributed by atoms with E-state index in [1.807, 2.05) is 0 Å². The number of hydrogen-bond donors (Lipinski definition) is 4. The quantitative estimate of drug-likeness (QED) is 0.598. The Hall–Kier alpha value is -2.12. The number of piperidine rings is 1. The molecule has 0 atom stereocenters. The van der Waals surface area contributed by atoms with E-state index < -0.39 is 11.9 Å². The first-order valence-electron chi connectivity index (χ1n) is 6.75. The number of nitrogens with one attached hydrogen (secondary N) is 2. The molecular formula is C14H18N2O5. The number of carbonyl (C=O) groups excluding carboxylic acids is 1. The number of phenolic OH excluding ortho intramolecular Hbond substituents is 1. The molecular weight excluding hydrogens is 276 g/mol. The Morgan fingerprint density at radius 1 is 1.33 bits per heavy atom. The van der Waals surface area contributed by atoms with Gasteiger partial charge < -0.3 is 25.6 Å². The fraction of sp³-hybridized carbons (Fsp3) is 0.429. The third kappa shape index (κ3) is 4.44. The number of carbonyl (C=O) groups is 2. The summed E-state index contributed by atoms with van der Waals surface area (Å²) in [4.78, 5) is 22.9. The van der Waals surface area contributed by atoms with Crippen molar-refractivity contribution in [2.45, 2.75) is 18.9 Å². The van der Waals surface area contributed by atoms with Crippen LogP contribution >= 0.6 is 0 Å². The van der Waals surface area contributed by atoms with Crippen molar-refractivity contribution in [2.75, 3.05) is 25.0 Å². The minimum atomic E-state index is -1.22. The van der Waals surface area contributed by atoms with Crippen LogP contribution in [0, 0.1) is 0 Å². The molecule has 0 saturated carbocycles. The molecule has 114 valence electrons. The zero-order valence-electron chi connectivity index (χ0n) is 11.5. The van der Waals surface area contributed by atoms with Gasteiger partial charge in [-0.2, -0.15) is 0 Å². The summed E-state index contributed by atoms with van der Waals surface area (Å²) in [5.41, 5.74) is -0.0237. The molecule has 21 heavy (non-hydrogen) atoms.